The summed E-state index contributed by atoms with van der Waals surface area (Å²) in [5.74, 6) is 0.722. The standard InChI is InChI=1S/C21H28N2O3/c1-16(2)20-22-13-15-23(20)14-12-19(17-8-4-3-5-9-17)21(24)26-25-18-10-6-7-11-18/h3-5,8-9,13,15-16,18-19H,6-7,10-12,14H2,1-2H3. The Morgan fingerprint density at radius 3 is 2.65 bits per heavy atom. The van der Waals surface area contributed by atoms with Crippen molar-refractivity contribution in [2.45, 2.75) is 70.4 Å². The number of aryl methyl sites for hydroxylation is 1. The van der Waals surface area contributed by atoms with Gasteiger partial charge in [-0.1, -0.05) is 57.0 Å². The highest BCUT2D eigenvalue weighted by Gasteiger charge is 2.26. The molecule has 140 valence electrons. The van der Waals surface area contributed by atoms with Crippen molar-refractivity contribution in [2.75, 3.05) is 0 Å². The minimum atomic E-state index is -0.347. The molecule has 0 aliphatic heterocycles. The number of carbonyl (C=O) groups is 1. The SMILES string of the molecule is CC(C)c1nccn1CCC(C(=O)OOC1CCCC1)c1ccccc1. The normalized spacial score (nSPS) is 16.1. The summed E-state index contributed by atoms with van der Waals surface area (Å²) >= 11 is 0. The maximum atomic E-state index is 12.7. The Balaban J connectivity index is 1.67. The fourth-order valence-electron chi connectivity index (χ4n) is 3.54. The lowest BCUT2D eigenvalue weighted by molar-refractivity contribution is -0.297. The Morgan fingerprint density at radius 2 is 1.96 bits per heavy atom. The molecule has 1 aliphatic rings. The quantitative estimate of drug-likeness (QED) is 0.512. The lowest BCUT2D eigenvalue weighted by atomic mass is 9.96. The molecule has 3 rings (SSSR count). The molecule has 5 nitrogen and oxygen atoms in total. The van der Waals surface area contributed by atoms with Crippen LogP contribution in [0.1, 0.15) is 69.2 Å². The van der Waals surface area contributed by atoms with Crippen LogP contribution in [0.3, 0.4) is 0 Å². The first-order valence-corrected chi connectivity index (χ1v) is 9.58. The van der Waals surface area contributed by atoms with E-state index >= 15 is 0 Å². The van der Waals surface area contributed by atoms with E-state index in [9.17, 15) is 4.79 Å². The third-order valence-electron chi connectivity index (χ3n) is 4.98. The summed E-state index contributed by atoms with van der Waals surface area (Å²) in [6.07, 6.45) is 8.70. The van der Waals surface area contributed by atoms with E-state index in [1.54, 1.807) is 0 Å². The van der Waals surface area contributed by atoms with Gasteiger partial charge in [0.15, 0.2) is 0 Å². The van der Waals surface area contributed by atoms with Crippen molar-refractivity contribution >= 4 is 5.97 Å². The van der Waals surface area contributed by atoms with Crippen LogP contribution in [0.4, 0.5) is 0 Å². The van der Waals surface area contributed by atoms with Gasteiger partial charge in [-0.05, 0) is 24.8 Å². The topological polar surface area (TPSA) is 53.4 Å². The molecule has 0 spiro atoms. The van der Waals surface area contributed by atoms with E-state index in [1.165, 1.54) is 0 Å². The zero-order valence-corrected chi connectivity index (χ0v) is 15.6. The van der Waals surface area contributed by atoms with Gasteiger partial charge in [0, 0.05) is 24.9 Å². The van der Waals surface area contributed by atoms with Crippen molar-refractivity contribution < 1.29 is 14.6 Å². The minimum Gasteiger partial charge on any atom is -0.335 e. The van der Waals surface area contributed by atoms with Crippen LogP contribution in [-0.2, 0) is 21.1 Å². The molecule has 1 fully saturated rings. The third-order valence-corrected chi connectivity index (χ3v) is 4.98. The first-order chi connectivity index (χ1) is 12.6. The summed E-state index contributed by atoms with van der Waals surface area (Å²) in [7, 11) is 0. The van der Waals surface area contributed by atoms with Gasteiger partial charge in [-0.25, -0.2) is 9.78 Å². The molecule has 1 aromatic heterocycles. The Morgan fingerprint density at radius 1 is 1.23 bits per heavy atom. The fraction of sp³-hybridized carbons (Fsp3) is 0.524. The van der Waals surface area contributed by atoms with Gasteiger partial charge in [-0.3, -0.25) is 4.89 Å². The lowest BCUT2D eigenvalue weighted by Crippen LogP contribution is -2.21. The molecule has 1 aromatic carbocycles. The van der Waals surface area contributed by atoms with E-state index in [-0.39, 0.29) is 18.0 Å². The van der Waals surface area contributed by atoms with Crippen LogP contribution in [0.15, 0.2) is 42.7 Å². The second kappa shape index (κ2) is 8.99. The number of carbonyl (C=O) groups excluding carboxylic acids is 1. The van der Waals surface area contributed by atoms with Gasteiger partial charge < -0.3 is 4.57 Å². The molecule has 0 bridgehead atoms. The van der Waals surface area contributed by atoms with Crippen molar-refractivity contribution in [1.82, 2.24) is 9.55 Å². The minimum absolute atomic E-state index is 0.0524. The fourth-order valence-corrected chi connectivity index (χ4v) is 3.54. The van der Waals surface area contributed by atoms with Crippen molar-refractivity contribution in [2.24, 2.45) is 0 Å². The molecule has 0 amide bonds. The summed E-state index contributed by atoms with van der Waals surface area (Å²) in [4.78, 5) is 27.8. The van der Waals surface area contributed by atoms with Crippen molar-refractivity contribution in [3.05, 3.63) is 54.1 Å². The number of nitrogens with zero attached hydrogens (tertiary/aromatic N) is 2. The number of rotatable bonds is 8. The van der Waals surface area contributed by atoms with E-state index in [4.69, 9.17) is 9.78 Å². The molecule has 5 heteroatoms. The molecule has 1 atom stereocenters. The molecule has 2 aromatic rings. The van der Waals surface area contributed by atoms with E-state index < -0.39 is 0 Å². The van der Waals surface area contributed by atoms with E-state index in [0.717, 1.165) is 37.1 Å². The summed E-state index contributed by atoms with van der Waals surface area (Å²) < 4.78 is 2.12. The predicted octanol–water partition coefficient (Wildman–Crippen LogP) is 4.60. The maximum Gasteiger partial charge on any atom is 0.349 e. The molecule has 0 radical (unpaired) electrons. The highest BCUT2D eigenvalue weighted by atomic mass is 17.2. The molecule has 26 heavy (non-hydrogen) atoms. The van der Waals surface area contributed by atoms with Crippen LogP contribution in [0, 0.1) is 0 Å². The zero-order valence-electron chi connectivity index (χ0n) is 15.6. The lowest BCUT2D eigenvalue weighted by Gasteiger charge is -2.18. The zero-order chi connectivity index (χ0) is 18.4. The predicted molar refractivity (Wildman–Crippen MR) is 99.5 cm³/mol. The molecule has 1 saturated carbocycles. The van der Waals surface area contributed by atoms with Gasteiger partial charge in [0.1, 0.15) is 11.9 Å². The summed E-state index contributed by atoms with van der Waals surface area (Å²) in [5, 5.41) is 0. The van der Waals surface area contributed by atoms with Crippen LogP contribution in [0.5, 0.6) is 0 Å². The molecule has 1 heterocycles. The van der Waals surface area contributed by atoms with E-state index in [1.807, 2.05) is 42.7 Å². The number of hydrogen-bond acceptors (Lipinski definition) is 4. The molecular formula is C21H28N2O3. The van der Waals surface area contributed by atoms with Crippen molar-refractivity contribution in [3.8, 4) is 0 Å². The smallest absolute Gasteiger partial charge is 0.335 e. The Hall–Kier alpha value is -2.14. The summed E-state index contributed by atoms with van der Waals surface area (Å²) in [6.45, 7) is 4.96. The van der Waals surface area contributed by atoms with E-state index in [2.05, 4.69) is 23.4 Å². The molecule has 0 N–H and O–H groups in total. The number of hydrogen-bond donors (Lipinski definition) is 0. The second-order valence-corrected chi connectivity index (χ2v) is 7.29. The van der Waals surface area contributed by atoms with Gasteiger partial charge in [0.2, 0.25) is 0 Å². The van der Waals surface area contributed by atoms with E-state index in [0.29, 0.717) is 18.9 Å². The Bertz CT molecular complexity index is 690. The van der Waals surface area contributed by atoms with Gasteiger partial charge in [0.25, 0.3) is 0 Å². The monoisotopic (exact) mass is 356 g/mol. The molecular weight excluding hydrogens is 328 g/mol. The Kier molecular flexibility index (Phi) is 6.45. The molecule has 0 saturated heterocycles. The molecule has 1 aliphatic carbocycles. The first-order valence-electron chi connectivity index (χ1n) is 9.58. The largest absolute Gasteiger partial charge is 0.349 e. The highest BCUT2D eigenvalue weighted by Crippen LogP contribution is 2.26. The summed E-state index contributed by atoms with van der Waals surface area (Å²) in [6, 6.07) is 9.79. The highest BCUT2D eigenvalue weighted by molar-refractivity contribution is 5.77. The van der Waals surface area contributed by atoms with Crippen LogP contribution in [0.2, 0.25) is 0 Å². The number of aromatic nitrogens is 2. The number of benzene rings is 1. The summed E-state index contributed by atoms with van der Waals surface area (Å²) in [5.41, 5.74) is 0.957. The number of imidazole rings is 1. The van der Waals surface area contributed by atoms with Crippen molar-refractivity contribution in [3.63, 3.8) is 0 Å². The third kappa shape index (κ3) is 4.73. The Labute approximate surface area is 155 Å². The second-order valence-electron chi connectivity index (χ2n) is 7.29. The van der Waals surface area contributed by atoms with Crippen LogP contribution in [0.25, 0.3) is 0 Å². The average molecular weight is 356 g/mol. The van der Waals surface area contributed by atoms with Crippen molar-refractivity contribution in [1.29, 1.82) is 0 Å². The average Bonchev–Trinajstić information content (AvgIpc) is 3.33. The molecule has 1 unspecified atom stereocenters. The van der Waals surface area contributed by atoms with Gasteiger partial charge in [-0.15, -0.1) is 0 Å². The van der Waals surface area contributed by atoms with Gasteiger partial charge in [-0.2, -0.15) is 4.89 Å². The van der Waals surface area contributed by atoms with Gasteiger partial charge in [0.05, 0.1) is 5.92 Å². The van der Waals surface area contributed by atoms with Crippen LogP contribution < -0.4 is 0 Å². The maximum absolute atomic E-state index is 12.7. The van der Waals surface area contributed by atoms with Crippen LogP contribution in [-0.4, -0.2) is 21.6 Å². The van der Waals surface area contributed by atoms with Crippen LogP contribution >= 0.6 is 0 Å². The van der Waals surface area contributed by atoms with Gasteiger partial charge >= 0.3 is 5.97 Å². The first kappa shape index (κ1) is 18.6.